The summed E-state index contributed by atoms with van der Waals surface area (Å²) < 4.78 is 2.18. The molecule has 1 aliphatic heterocycles. The summed E-state index contributed by atoms with van der Waals surface area (Å²) in [6.45, 7) is 0. The van der Waals surface area contributed by atoms with Crippen LogP contribution in [0.5, 0.6) is 0 Å². The Bertz CT molecular complexity index is 805. The fourth-order valence-corrected chi connectivity index (χ4v) is 4.97. The van der Waals surface area contributed by atoms with Gasteiger partial charge in [-0.3, -0.25) is 9.59 Å². The summed E-state index contributed by atoms with van der Waals surface area (Å²) in [6.07, 6.45) is -0.304. The lowest BCUT2D eigenvalue weighted by Crippen LogP contribution is -2.36. The first-order chi connectivity index (χ1) is 10.3. The number of thiophene rings is 1. The van der Waals surface area contributed by atoms with Gasteiger partial charge in [0.2, 0.25) is 0 Å². The van der Waals surface area contributed by atoms with Gasteiger partial charge in [-0.2, -0.15) is 0 Å². The third-order valence-electron chi connectivity index (χ3n) is 3.38. The molecule has 3 rings (SSSR count). The number of hydrogen-bond donors (Lipinski definition) is 2. The van der Waals surface area contributed by atoms with Crippen LogP contribution in [0.25, 0.3) is 0 Å². The van der Waals surface area contributed by atoms with E-state index in [1.54, 1.807) is 24.3 Å². The van der Waals surface area contributed by atoms with Crippen molar-refractivity contribution in [2.24, 2.45) is 0 Å². The van der Waals surface area contributed by atoms with E-state index in [1.807, 2.05) is 0 Å². The molecule has 0 spiro atoms. The van der Waals surface area contributed by atoms with E-state index in [0.717, 1.165) is 3.79 Å². The molecule has 1 aliphatic rings. The van der Waals surface area contributed by atoms with Crippen molar-refractivity contribution < 1.29 is 14.7 Å². The number of amides is 1. The van der Waals surface area contributed by atoms with Gasteiger partial charge in [0.05, 0.1) is 20.8 Å². The Morgan fingerprint density at radius 3 is 2.64 bits per heavy atom. The molecule has 8 heteroatoms. The van der Waals surface area contributed by atoms with E-state index < -0.39 is 11.5 Å². The molecule has 1 aromatic carbocycles. The summed E-state index contributed by atoms with van der Waals surface area (Å²) in [5.74, 6) is -0.873. The van der Waals surface area contributed by atoms with E-state index in [-0.39, 0.29) is 12.2 Å². The van der Waals surface area contributed by atoms with Gasteiger partial charge in [0.25, 0.3) is 5.91 Å². The van der Waals surface area contributed by atoms with Crippen molar-refractivity contribution in [1.82, 2.24) is 0 Å². The summed E-state index contributed by atoms with van der Waals surface area (Å²) in [5, 5.41) is 13.4. The van der Waals surface area contributed by atoms with Crippen LogP contribution in [0.4, 0.5) is 5.69 Å². The van der Waals surface area contributed by atoms with Gasteiger partial charge in [0.1, 0.15) is 0 Å². The van der Waals surface area contributed by atoms with Crippen molar-refractivity contribution in [3.05, 3.63) is 47.4 Å². The number of fused-ring (bicyclic) bond motifs is 1. The van der Waals surface area contributed by atoms with Gasteiger partial charge < -0.3 is 10.4 Å². The standard InChI is InChI=1S/C14H8Br3NO3S/c15-6-3-7-12(8(16)4-6)18-13(20)14(7,21)5-9(19)10-1-2-11(17)22-10/h1-4,21H,5H2,(H,18,20)/t14-/m1/s1. The number of halogens is 3. The number of benzene rings is 1. The highest BCUT2D eigenvalue weighted by atomic mass is 79.9. The summed E-state index contributed by atoms with van der Waals surface area (Å²) in [4.78, 5) is 25.1. The highest BCUT2D eigenvalue weighted by Crippen LogP contribution is 2.44. The number of ketones is 1. The molecule has 2 heterocycles. The molecule has 2 aromatic rings. The lowest BCUT2D eigenvalue weighted by atomic mass is 9.89. The Kier molecular flexibility index (Phi) is 4.32. The molecule has 1 atom stereocenters. The van der Waals surface area contributed by atoms with Gasteiger partial charge in [-0.05, 0) is 56.1 Å². The van der Waals surface area contributed by atoms with Crippen molar-refractivity contribution in [1.29, 1.82) is 0 Å². The van der Waals surface area contributed by atoms with Gasteiger partial charge in [-0.15, -0.1) is 11.3 Å². The molecule has 0 bridgehead atoms. The second-order valence-corrected chi connectivity index (χ2v) is 9.06. The van der Waals surface area contributed by atoms with Crippen molar-refractivity contribution in [2.75, 3.05) is 5.32 Å². The Hall–Kier alpha value is -0.540. The molecular weight excluding hydrogens is 502 g/mol. The summed E-state index contributed by atoms with van der Waals surface area (Å²) >= 11 is 11.2. The highest BCUT2D eigenvalue weighted by Gasteiger charge is 2.47. The van der Waals surface area contributed by atoms with Crippen molar-refractivity contribution in [3.8, 4) is 0 Å². The highest BCUT2D eigenvalue weighted by molar-refractivity contribution is 9.11. The van der Waals surface area contributed by atoms with Crippen LogP contribution in [0.2, 0.25) is 0 Å². The van der Waals surface area contributed by atoms with Crippen LogP contribution in [-0.2, 0) is 10.4 Å². The lowest BCUT2D eigenvalue weighted by Gasteiger charge is -2.20. The molecule has 4 nitrogen and oxygen atoms in total. The van der Waals surface area contributed by atoms with E-state index in [1.165, 1.54) is 11.3 Å². The van der Waals surface area contributed by atoms with Gasteiger partial charge >= 0.3 is 0 Å². The Morgan fingerprint density at radius 1 is 1.27 bits per heavy atom. The van der Waals surface area contributed by atoms with Crippen LogP contribution in [-0.4, -0.2) is 16.8 Å². The molecule has 0 aliphatic carbocycles. The molecule has 0 radical (unpaired) electrons. The minimum Gasteiger partial charge on any atom is -0.375 e. The zero-order valence-electron chi connectivity index (χ0n) is 10.8. The van der Waals surface area contributed by atoms with Gasteiger partial charge in [0.15, 0.2) is 11.4 Å². The maximum Gasteiger partial charge on any atom is 0.261 e. The van der Waals surface area contributed by atoms with E-state index in [9.17, 15) is 14.7 Å². The Balaban J connectivity index is 2.00. The zero-order chi connectivity index (χ0) is 16.1. The van der Waals surface area contributed by atoms with Gasteiger partial charge in [0, 0.05) is 14.5 Å². The SMILES string of the molecule is O=C(C[C@]1(O)C(=O)Nc2c(Br)cc(Br)cc21)c1ccc(Br)s1. The smallest absolute Gasteiger partial charge is 0.261 e. The first-order valence-electron chi connectivity index (χ1n) is 6.13. The molecule has 2 N–H and O–H groups in total. The minimum atomic E-state index is -1.87. The topological polar surface area (TPSA) is 66.4 Å². The summed E-state index contributed by atoms with van der Waals surface area (Å²) in [6, 6.07) is 6.85. The number of anilines is 1. The number of carbonyl (C=O) groups is 2. The predicted octanol–water partition coefficient (Wildman–Crippen LogP) is 4.45. The fourth-order valence-electron chi connectivity index (χ4n) is 2.33. The molecule has 0 unspecified atom stereocenters. The largest absolute Gasteiger partial charge is 0.375 e. The van der Waals surface area contributed by atoms with E-state index in [4.69, 9.17) is 0 Å². The van der Waals surface area contributed by atoms with Crippen LogP contribution in [0, 0.1) is 0 Å². The van der Waals surface area contributed by atoms with Crippen molar-refractivity contribution in [3.63, 3.8) is 0 Å². The average Bonchev–Trinajstić information content (AvgIpc) is 2.96. The first kappa shape index (κ1) is 16.3. The first-order valence-corrected chi connectivity index (χ1v) is 9.33. The van der Waals surface area contributed by atoms with Crippen LogP contribution < -0.4 is 5.32 Å². The number of aliphatic hydroxyl groups is 1. The molecule has 22 heavy (non-hydrogen) atoms. The monoisotopic (exact) mass is 507 g/mol. The van der Waals surface area contributed by atoms with E-state index in [0.29, 0.717) is 25.1 Å². The lowest BCUT2D eigenvalue weighted by molar-refractivity contribution is -0.133. The number of Topliss-reactive ketones (excluding diaryl/α,β-unsaturated/α-hetero) is 1. The normalized spacial score (nSPS) is 19.9. The molecule has 1 aromatic heterocycles. The number of rotatable bonds is 3. The predicted molar refractivity (Wildman–Crippen MR) is 95.3 cm³/mol. The molecule has 1 amide bonds. The molecule has 0 saturated carbocycles. The second kappa shape index (κ2) is 5.83. The summed E-state index contributed by atoms with van der Waals surface area (Å²) in [7, 11) is 0. The fraction of sp³-hybridized carbons (Fsp3) is 0.143. The number of carbonyl (C=O) groups excluding carboxylic acids is 2. The minimum absolute atomic E-state index is 0.280. The van der Waals surface area contributed by atoms with Gasteiger partial charge in [-0.25, -0.2) is 0 Å². The quantitative estimate of drug-likeness (QED) is 0.601. The third-order valence-corrected chi connectivity index (χ3v) is 6.13. The third kappa shape index (κ3) is 2.71. The zero-order valence-corrected chi connectivity index (χ0v) is 16.4. The maximum absolute atomic E-state index is 12.4. The van der Waals surface area contributed by atoms with Crippen molar-refractivity contribution >= 4 is 76.5 Å². The van der Waals surface area contributed by atoms with Crippen LogP contribution in [0.15, 0.2) is 37.0 Å². The van der Waals surface area contributed by atoms with E-state index in [2.05, 4.69) is 53.1 Å². The molecule has 0 saturated heterocycles. The number of hydrogen-bond acceptors (Lipinski definition) is 4. The van der Waals surface area contributed by atoms with Crippen molar-refractivity contribution in [2.45, 2.75) is 12.0 Å². The van der Waals surface area contributed by atoms with E-state index >= 15 is 0 Å². The number of nitrogens with one attached hydrogen (secondary N) is 1. The molecular formula is C14H8Br3NO3S. The second-order valence-electron chi connectivity index (χ2n) is 4.83. The Labute approximate surface area is 155 Å². The summed E-state index contributed by atoms with van der Waals surface area (Å²) in [5.41, 5.74) is -0.978. The average molecular weight is 510 g/mol. The van der Waals surface area contributed by atoms with Gasteiger partial charge in [-0.1, -0.05) is 15.9 Å². The Morgan fingerprint density at radius 2 is 2.00 bits per heavy atom. The van der Waals surface area contributed by atoms with Crippen LogP contribution >= 0.6 is 59.1 Å². The maximum atomic E-state index is 12.4. The van der Waals surface area contributed by atoms with Crippen LogP contribution in [0.3, 0.4) is 0 Å². The molecule has 0 fully saturated rings. The van der Waals surface area contributed by atoms with Crippen LogP contribution in [0.1, 0.15) is 21.7 Å². The molecule has 114 valence electrons.